The number of para-hydroxylation sites is 1. The number of nitrogens with zero attached hydrogens (tertiary/aromatic N) is 2. The Hall–Kier alpha value is -2.37. The van der Waals surface area contributed by atoms with Crippen molar-refractivity contribution < 1.29 is 10.2 Å². The van der Waals surface area contributed by atoms with Crippen molar-refractivity contribution in [3.05, 3.63) is 75.2 Å². The molecule has 2 heterocycles. The topological polar surface area (TPSA) is 71.7 Å². The highest BCUT2D eigenvalue weighted by atomic mass is 35.5. The molecule has 0 aliphatic carbocycles. The zero-order valence-electron chi connectivity index (χ0n) is 11.7. The van der Waals surface area contributed by atoms with Gasteiger partial charge in [-0.15, -0.1) is 4.68 Å². The molecule has 0 saturated heterocycles. The molecule has 0 bridgehead atoms. The maximum Gasteiger partial charge on any atom is 0.402 e. The molecule has 112 valence electrons. The molecule has 1 aromatic heterocycles. The summed E-state index contributed by atoms with van der Waals surface area (Å²) in [7, 11) is 0. The number of aromatic amines is 1. The van der Waals surface area contributed by atoms with Crippen molar-refractivity contribution >= 4 is 11.6 Å². The molecule has 0 fully saturated rings. The van der Waals surface area contributed by atoms with Crippen molar-refractivity contribution in [2.24, 2.45) is 0 Å². The van der Waals surface area contributed by atoms with Crippen molar-refractivity contribution in [3.8, 4) is 11.4 Å². The van der Waals surface area contributed by atoms with E-state index in [9.17, 15) is 4.79 Å². The van der Waals surface area contributed by atoms with Gasteiger partial charge in [0, 0.05) is 17.0 Å². The molecule has 4 rings (SSSR count). The van der Waals surface area contributed by atoms with Crippen LogP contribution in [0.25, 0.3) is 11.4 Å². The predicted octanol–water partition coefficient (Wildman–Crippen LogP) is 2.02. The lowest BCUT2D eigenvalue weighted by Crippen LogP contribution is -2.42. The second kappa shape index (κ2) is 5.44. The second-order valence-electron chi connectivity index (χ2n) is 5.13. The van der Waals surface area contributed by atoms with E-state index >= 15 is 0 Å². The molecule has 0 saturated carbocycles. The van der Waals surface area contributed by atoms with Gasteiger partial charge in [0.15, 0.2) is 11.4 Å². The number of rotatable bonds is 1. The first kappa shape index (κ1) is 14.6. The van der Waals surface area contributed by atoms with E-state index in [0.717, 1.165) is 29.9 Å². The van der Waals surface area contributed by atoms with Gasteiger partial charge in [-0.3, -0.25) is 0 Å². The van der Waals surface area contributed by atoms with Crippen LogP contribution in [0.5, 0.6) is 0 Å². The van der Waals surface area contributed by atoms with Gasteiger partial charge in [-0.1, -0.05) is 39.7 Å². The maximum absolute atomic E-state index is 12.6. The Morgan fingerprint density at radius 2 is 1.77 bits per heavy atom. The van der Waals surface area contributed by atoms with E-state index in [2.05, 4.69) is 11.3 Å². The summed E-state index contributed by atoms with van der Waals surface area (Å²) in [6.07, 6.45) is 1.64. The first-order chi connectivity index (χ1) is 10.2. The molecule has 22 heavy (non-hydrogen) atoms. The molecule has 2 aromatic carbocycles. The molecule has 5 nitrogen and oxygen atoms in total. The Labute approximate surface area is 131 Å². The highest BCUT2D eigenvalue weighted by Crippen LogP contribution is 2.16. The first-order valence-corrected chi connectivity index (χ1v) is 7.22. The number of hydrogen-bond acceptors (Lipinski definition) is 2. The second-order valence-corrected chi connectivity index (χ2v) is 5.56. The van der Waals surface area contributed by atoms with E-state index in [1.165, 1.54) is 5.56 Å². The Bertz CT molecular complexity index is 881. The van der Waals surface area contributed by atoms with Crippen LogP contribution in [0.4, 0.5) is 0 Å². The number of halogens is 1. The molecule has 6 heteroatoms. The highest BCUT2D eigenvalue weighted by Gasteiger charge is 2.28. The average molecular weight is 316 g/mol. The fraction of sp³-hybridized carbons (Fsp3) is 0.125. The maximum atomic E-state index is 12.6. The number of benzene rings is 2. The highest BCUT2D eigenvalue weighted by molar-refractivity contribution is 6.30. The molecule has 0 spiro atoms. The fourth-order valence-corrected chi connectivity index (χ4v) is 2.93. The molecule has 1 aliphatic heterocycles. The third-order valence-corrected chi connectivity index (χ3v) is 4.12. The summed E-state index contributed by atoms with van der Waals surface area (Å²) in [5.74, 6) is 0. The van der Waals surface area contributed by atoms with Crippen LogP contribution >= 0.6 is 11.6 Å². The Morgan fingerprint density at radius 3 is 2.55 bits per heavy atom. The van der Waals surface area contributed by atoms with Gasteiger partial charge in [0.2, 0.25) is 5.69 Å². The summed E-state index contributed by atoms with van der Waals surface area (Å²) in [4.78, 5) is 12.6. The third kappa shape index (κ3) is 2.15. The molecule has 0 atom stereocenters. The van der Waals surface area contributed by atoms with Crippen molar-refractivity contribution in [1.82, 2.24) is 9.90 Å². The molecule has 1 aliphatic rings. The van der Waals surface area contributed by atoms with Crippen LogP contribution in [0.3, 0.4) is 0 Å². The van der Waals surface area contributed by atoms with E-state index < -0.39 is 0 Å². The molecule has 2 N–H and O–H groups in total. The normalized spacial score (nSPS) is 12.2. The van der Waals surface area contributed by atoms with E-state index in [0.29, 0.717) is 5.02 Å². The van der Waals surface area contributed by atoms with Gasteiger partial charge in [-0.25, -0.2) is 4.79 Å². The van der Waals surface area contributed by atoms with Gasteiger partial charge < -0.3 is 5.48 Å². The van der Waals surface area contributed by atoms with Crippen LogP contribution in [0.2, 0.25) is 5.02 Å². The van der Waals surface area contributed by atoms with Crippen molar-refractivity contribution in [2.75, 3.05) is 0 Å². The first-order valence-electron chi connectivity index (χ1n) is 6.84. The van der Waals surface area contributed by atoms with E-state index in [1.54, 1.807) is 16.8 Å². The van der Waals surface area contributed by atoms with Crippen LogP contribution in [-0.4, -0.2) is 15.4 Å². The third-order valence-electron chi connectivity index (χ3n) is 3.87. The smallest absolute Gasteiger partial charge is 0.402 e. The van der Waals surface area contributed by atoms with Crippen molar-refractivity contribution in [1.29, 1.82) is 0 Å². The number of nitrogens with one attached hydrogen (secondary N) is 1. The van der Waals surface area contributed by atoms with Gasteiger partial charge in [0.05, 0.1) is 0 Å². The summed E-state index contributed by atoms with van der Waals surface area (Å²) in [5.41, 5.74) is 3.85. The number of hydrogen-bond donors (Lipinski definition) is 1. The average Bonchev–Trinajstić information content (AvgIpc) is 2.86. The van der Waals surface area contributed by atoms with Crippen molar-refractivity contribution in [2.45, 2.75) is 12.8 Å². The number of fused-ring (bicyclic) bond motifs is 3. The molecule has 0 unspecified atom stereocenters. The Morgan fingerprint density at radius 1 is 1.05 bits per heavy atom. The zero-order valence-corrected chi connectivity index (χ0v) is 12.4. The monoisotopic (exact) mass is 315 g/mol. The van der Waals surface area contributed by atoms with Gasteiger partial charge in [0.1, 0.15) is 0 Å². The molecular formula is C16H14ClN3O2. The summed E-state index contributed by atoms with van der Waals surface area (Å²) in [6.45, 7) is 0. The van der Waals surface area contributed by atoms with Gasteiger partial charge >= 0.3 is 5.56 Å². The lowest BCUT2D eigenvalue weighted by atomic mass is 10.0. The quantitative estimate of drug-likeness (QED) is 0.698. The molecule has 3 aromatic rings. The largest absolute Gasteiger partial charge is 0.870 e. The van der Waals surface area contributed by atoms with Gasteiger partial charge in [-0.2, -0.15) is 0 Å². The zero-order chi connectivity index (χ0) is 14.4. The summed E-state index contributed by atoms with van der Waals surface area (Å²) in [5, 5.41) is 3.83. The van der Waals surface area contributed by atoms with Crippen molar-refractivity contribution in [3.63, 3.8) is 0 Å². The lowest BCUT2D eigenvalue weighted by Gasteiger charge is -2.10. The van der Waals surface area contributed by atoms with Crippen LogP contribution in [0.15, 0.2) is 53.3 Å². The number of aromatic nitrogens is 3. The molecule has 0 radical (unpaired) electrons. The predicted molar refractivity (Wildman–Crippen MR) is 82.3 cm³/mol. The van der Waals surface area contributed by atoms with Crippen LogP contribution in [0, 0.1) is 0 Å². The van der Waals surface area contributed by atoms with Gasteiger partial charge in [-0.05, 0) is 36.8 Å². The van der Waals surface area contributed by atoms with E-state index in [1.807, 2.05) is 35.0 Å². The standard InChI is InChI=1S/C16H12ClN3O.H2O/c17-12-6-8-13(9-7-12)19-16(21)15-10-5-11-3-1-2-4-14(11)20(15)18-19;/h1-4,6-9H,5,10H2;1H2. The molecular weight excluding hydrogens is 302 g/mol. The van der Waals surface area contributed by atoms with Crippen LogP contribution < -0.4 is 10.2 Å². The minimum Gasteiger partial charge on any atom is -0.870 e. The number of aryl methyl sites for hydroxylation is 1. The minimum absolute atomic E-state index is 0. The minimum atomic E-state index is -0.00757. The Kier molecular flexibility index (Phi) is 3.60. The van der Waals surface area contributed by atoms with Crippen LogP contribution in [0.1, 0.15) is 11.3 Å². The summed E-state index contributed by atoms with van der Waals surface area (Å²) >= 11 is 5.90. The lowest BCUT2D eigenvalue weighted by molar-refractivity contribution is -0.671. The Balaban J connectivity index is 0.00000144. The number of H-pyrrole nitrogens is 1. The van der Waals surface area contributed by atoms with Gasteiger partial charge in [0.25, 0.3) is 0 Å². The van der Waals surface area contributed by atoms with E-state index in [-0.39, 0.29) is 11.0 Å². The van der Waals surface area contributed by atoms with E-state index in [4.69, 9.17) is 11.6 Å². The summed E-state index contributed by atoms with van der Waals surface area (Å²) in [6, 6.07) is 15.4. The summed E-state index contributed by atoms with van der Waals surface area (Å²) < 4.78 is 3.45. The molecule has 0 amide bonds. The fourth-order valence-electron chi connectivity index (χ4n) is 2.81. The van der Waals surface area contributed by atoms with Crippen LogP contribution in [-0.2, 0) is 12.8 Å². The SMILES string of the molecule is O=c1c2[n+]([nH]n1-c1ccc(Cl)cc1)-c1ccccc1CC2.[OH-].